The Hall–Kier alpha value is -3.14. The van der Waals surface area contributed by atoms with Crippen LogP contribution >= 0.6 is 22.7 Å². The van der Waals surface area contributed by atoms with E-state index in [0.29, 0.717) is 0 Å². The molecule has 6 rings (SSSR count). The average Bonchev–Trinajstić information content (AvgIpc) is 3.78. The molecule has 3 heteroatoms. The number of unbranched alkanes of at least 4 members (excludes halogenated alkanes) is 2. The molecule has 2 heterocycles. The lowest BCUT2D eigenvalue weighted by molar-refractivity contribution is 0.266. The first kappa shape index (κ1) is 33.7. The molecule has 0 saturated carbocycles. The SMILES string of the molecule is CCCCC(CC)CC1(CC(CC)CCCC)c2cc(C)sc2-c2sc(-c3ccc(N(c4ccccc4)c4ccccc4)cc3)cc21. The normalized spacial score (nSPS) is 16.5. The Kier molecular flexibility index (Phi) is 11.0. The first-order chi connectivity index (χ1) is 23.0. The Morgan fingerprint density at radius 2 is 1.09 bits per heavy atom. The van der Waals surface area contributed by atoms with Gasteiger partial charge in [-0.1, -0.05) is 128 Å². The third-order valence-corrected chi connectivity index (χ3v) is 13.0. The van der Waals surface area contributed by atoms with Crippen molar-refractivity contribution in [2.24, 2.45) is 11.8 Å². The molecule has 1 aliphatic carbocycles. The molecule has 2 atom stereocenters. The fourth-order valence-corrected chi connectivity index (χ4v) is 10.5. The van der Waals surface area contributed by atoms with Crippen molar-refractivity contribution in [1.29, 1.82) is 0 Å². The number of thiophene rings is 2. The summed E-state index contributed by atoms with van der Waals surface area (Å²) in [6.45, 7) is 11.9. The lowest BCUT2D eigenvalue weighted by Crippen LogP contribution is -2.31. The molecule has 0 aliphatic heterocycles. The van der Waals surface area contributed by atoms with Crippen molar-refractivity contribution >= 4 is 39.7 Å². The second-order valence-electron chi connectivity index (χ2n) is 13.8. The second-order valence-corrected chi connectivity index (χ2v) is 16.1. The summed E-state index contributed by atoms with van der Waals surface area (Å²) < 4.78 is 0. The van der Waals surface area contributed by atoms with E-state index in [-0.39, 0.29) is 5.41 Å². The van der Waals surface area contributed by atoms with Crippen LogP contribution in [0.4, 0.5) is 17.1 Å². The highest BCUT2D eigenvalue weighted by Gasteiger charge is 2.47. The van der Waals surface area contributed by atoms with Gasteiger partial charge in [0.25, 0.3) is 0 Å². The third-order valence-electron chi connectivity index (χ3n) is 10.6. The Morgan fingerprint density at radius 3 is 1.60 bits per heavy atom. The molecule has 0 saturated heterocycles. The van der Waals surface area contributed by atoms with Gasteiger partial charge >= 0.3 is 0 Å². The fraction of sp³-hybridized carbons (Fsp3) is 0.409. The molecule has 0 N–H and O–H groups in total. The molecular formula is C44H53NS2. The maximum absolute atomic E-state index is 2.63. The van der Waals surface area contributed by atoms with E-state index in [0.717, 1.165) is 11.8 Å². The minimum atomic E-state index is 0.129. The number of para-hydroxylation sites is 2. The van der Waals surface area contributed by atoms with Crippen LogP contribution in [0.2, 0.25) is 0 Å². The smallest absolute Gasteiger partial charge is 0.0493 e. The van der Waals surface area contributed by atoms with Gasteiger partial charge < -0.3 is 4.90 Å². The monoisotopic (exact) mass is 659 g/mol. The average molecular weight is 660 g/mol. The van der Waals surface area contributed by atoms with Crippen LogP contribution in [0.5, 0.6) is 0 Å². The number of hydrogen-bond acceptors (Lipinski definition) is 3. The first-order valence-corrected chi connectivity index (χ1v) is 19.9. The summed E-state index contributed by atoms with van der Waals surface area (Å²) in [7, 11) is 0. The van der Waals surface area contributed by atoms with Gasteiger partial charge in [-0.25, -0.2) is 0 Å². The van der Waals surface area contributed by atoms with Crippen molar-refractivity contribution in [2.75, 3.05) is 4.90 Å². The van der Waals surface area contributed by atoms with Gasteiger partial charge in [0, 0.05) is 42.0 Å². The Balaban J connectivity index is 1.41. The van der Waals surface area contributed by atoms with Gasteiger partial charge in [0.1, 0.15) is 0 Å². The number of benzene rings is 3. The number of nitrogens with zero attached hydrogens (tertiary/aromatic N) is 1. The zero-order valence-electron chi connectivity index (χ0n) is 29.2. The summed E-state index contributed by atoms with van der Waals surface area (Å²) in [5.41, 5.74) is 8.29. The van der Waals surface area contributed by atoms with E-state index in [2.05, 4.69) is 137 Å². The highest BCUT2D eigenvalue weighted by atomic mass is 32.1. The van der Waals surface area contributed by atoms with E-state index in [1.165, 1.54) is 96.6 Å². The van der Waals surface area contributed by atoms with Gasteiger partial charge in [-0.3, -0.25) is 0 Å². The van der Waals surface area contributed by atoms with Gasteiger partial charge in [0.05, 0.1) is 0 Å². The highest BCUT2D eigenvalue weighted by molar-refractivity contribution is 7.24. The van der Waals surface area contributed by atoms with Gasteiger partial charge in [0.2, 0.25) is 0 Å². The second kappa shape index (κ2) is 15.4. The summed E-state index contributed by atoms with van der Waals surface area (Å²) in [6, 6.07) is 36.0. The Morgan fingerprint density at radius 1 is 0.596 bits per heavy atom. The summed E-state index contributed by atoms with van der Waals surface area (Å²) in [4.78, 5) is 8.36. The first-order valence-electron chi connectivity index (χ1n) is 18.3. The molecule has 3 aromatic carbocycles. The van der Waals surface area contributed by atoms with Crippen molar-refractivity contribution in [2.45, 2.75) is 104 Å². The molecule has 0 amide bonds. The highest BCUT2D eigenvalue weighted by Crippen LogP contribution is 2.62. The van der Waals surface area contributed by atoms with E-state index in [4.69, 9.17) is 0 Å². The predicted octanol–water partition coefficient (Wildman–Crippen LogP) is 14.7. The van der Waals surface area contributed by atoms with E-state index >= 15 is 0 Å². The van der Waals surface area contributed by atoms with E-state index in [1.54, 1.807) is 20.9 Å². The molecule has 47 heavy (non-hydrogen) atoms. The zero-order chi connectivity index (χ0) is 32.8. The molecule has 246 valence electrons. The summed E-state index contributed by atoms with van der Waals surface area (Å²) in [5.74, 6) is 1.53. The van der Waals surface area contributed by atoms with Crippen molar-refractivity contribution in [1.82, 2.24) is 0 Å². The predicted molar refractivity (Wildman–Crippen MR) is 209 cm³/mol. The number of hydrogen-bond donors (Lipinski definition) is 0. The maximum atomic E-state index is 2.63. The van der Waals surface area contributed by atoms with Crippen LogP contribution in [0.15, 0.2) is 97.1 Å². The minimum absolute atomic E-state index is 0.129. The lowest BCUT2D eigenvalue weighted by atomic mass is 9.65. The minimum Gasteiger partial charge on any atom is -0.311 e. The molecular weight excluding hydrogens is 607 g/mol. The van der Waals surface area contributed by atoms with Crippen LogP contribution in [0, 0.1) is 18.8 Å². The van der Waals surface area contributed by atoms with Crippen molar-refractivity contribution in [3.05, 3.63) is 113 Å². The van der Waals surface area contributed by atoms with Crippen molar-refractivity contribution in [3.63, 3.8) is 0 Å². The quantitative estimate of drug-likeness (QED) is 0.102. The molecule has 1 nitrogen and oxygen atoms in total. The van der Waals surface area contributed by atoms with Crippen LogP contribution in [-0.2, 0) is 5.41 Å². The van der Waals surface area contributed by atoms with Gasteiger partial charge in [-0.15, -0.1) is 22.7 Å². The van der Waals surface area contributed by atoms with Gasteiger partial charge in [-0.2, -0.15) is 0 Å². The number of anilines is 3. The van der Waals surface area contributed by atoms with Crippen LogP contribution in [0.25, 0.3) is 20.2 Å². The molecule has 0 radical (unpaired) electrons. The van der Waals surface area contributed by atoms with Crippen molar-refractivity contribution < 1.29 is 0 Å². The van der Waals surface area contributed by atoms with Gasteiger partial charge in [0.15, 0.2) is 0 Å². The number of aryl methyl sites for hydroxylation is 1. The molecule has 0 bridgehead atoms. The Bertz CT molecular complexity index is 1640. The largest absolute Gasteiger partial charge is 0.311 e. The molecule has 0 fully saturated rings. The van der Waals surface area contributed by atoms with Crippen LogP contribution in [0.1, 0.15) is 108 Å². The van der Waals surface area contributed by atoms with Crippen LogP contribution < -0.4 is 4.90 Å². The Labute approximate surface area is 292 Å². The molecule has 1 aliphatic rings. The molecule has 0 spiro atoms. The van der Waals surface area contributed by atoms with Gasteiger partial charge in [-0.05, 0) is 96.8 Å². The molecule has 2 aromatic heterocycles. The number of fused-ring (bicyclic) bond motifs is 3. The standard InChI is InChI=1S/C44H53NS2/c1-6-10-18-33(8-3)30-44(31-34(9-4)19-11-7-2)39-28-32(5)46-42(39)43-40(44)29-41(47-43)35-24-26-38(27-25-35)45(36-20-14-12-15-21-36)37-22-16-13-17-23-37/h12-17,20-29,33-34H,6-11,18-19,30-31H2,1-5H3. The van der Waals surface area contributed by atoms with E-state index in [1.807, 2.05) is 22.7 Å². The summed E-state index contributed by atoms with van der Waals surface area (Å²) >= 11 is 4.08. The molecule has 2 unspecified atom stereocenters. The van der Waals surface area contributed by atoms with Crippen LogP contribution in [-0.4, -0.2) is 0 Å². The lowest BCUT2D eigenvalue weighted by Gasteiger charge is -2.37. The number of rotatable bonds is 16. The fourth-order valence-electron chi connectivity index (χ4n) is 8.01. The topological polar surface area (TPSA) is 3.24 Å². The zero-order valence-corrected chi connectivity index (χ0v) is 30.9. The van der Waals surface area contributed by atoms with Crippen molar-refractivity contribution in [3.8, 4) is 20.2 Å². The summed E-state index contributed by atoms with van der Waals surface area (Å²) in [6.07, 6.45) is 13.1. The summed E-state index contributed by atoms with van der Waals surface area (Å²) in [5, 5.41) is 0. The van der Waals surface area contributed by atoms with Crippen LogP contribution in [0.3, 0.4) is 0 Å². The maximum Gasteiger partial charge on any atom is 0.0493 e. The third kappa shape index (κ3) is 7.03. The van der Waals surface area contributed by atoms with E-state index < -0.39 is 0 Å². The molecule has 5 aromatic rings. The van der Waals surface area contributed by atoms with E-state index in [9.17, 15) is 0 Å².